The molecule has 0 saturated carbocycles. The van der Waals surface area contributed by atoms with Crippen molar-refractivity contribution < 1.29 is 0 Å². The highest BCUT2D eigenvalue weighted by Crippen LogP contribution is 2.29. The third-order valence-corrected chi connectivity index (χ3v) is 3.95. The molecule has 4 rings (SSSR count). The number of hydrogen-bond acceptors (Lipinski definition) is 5. The number of aromatic amines is 1. The number of aromatic nitrogens is 5. The maximum Gasteiger partial charge on any atom is 0.188 e. The quantitative estimate of drug-likeness (QED) is 0.609. The Bertz CT molecular complexity index is 889. The van der Waals surface area contributed by atoms with Crippen LogP contribution in [-0.2, 0) is 7.05 Å². The van der Waals surface area contributed by atoms with E-state index in [1.54, 1.807) is 22.2 Å². The summed E-state index contributed by atoms with van der Waals surface area (Å²) in [6.45, 7) is 0. The number of benzene rings is 1. The fourth-order valence-electron chi connectivity index (χ4n) is 2.25. The molecule has 0 atom stereocenters. The second-order valence-corrected chi connectivity index (χ2v) is 5.59. The van der Waals surface area contributed by atoms with Gasteiger partial charge < -0.3 is 5.32 Å². The highest BCUT2D eigenvalue weighted by atomic mass is 32.1. The van der Waals surface area contributed by atoms with E-state index in [0.717, 1.165) is 33.0 Å². The Kier molecular flexibility index (Phi) is 2.71. The van der Waals surface area contributed by atoms with Crippen LogP contribution >= 0.6 is 11.3 Å². The Morgan fingerprint density at radius 1 is 1.29 bits per heavy atom. The van der Waals surface area contributed by atoms with Crippen molar-refractivity contribution in [3.63, 3.8) is 0 Å². The van der Waals surface area contributed by atoms with Gasteiger partial charge in [0, 0.05) is 35.8 Å². The standard InChI is InChI=1S/C14H12N6S/c1-20-8-10(7-16-20)9-2-3-12-11(6-9)13(19-18-12)17-14-15-4-5-21-14/h2-8H,1H3,(H2,15,17,18,19). The number of anilines is 2. The molecule has 21 heavy (non-hydrogen) atoms. The molecule has 6 nitrogen and oxygen atoms in total. The first-order chi connectivity index (χ1) is 10.3. The lowest BCUT2D eigenvalue weighted by atomic mass is 10.1. The van der Waals surface area contributed by atoms with Crippen LogP contribution < -0.4 is 5.32 Å². The first kappa shape index (κ1) is 12.1. The molecule has 0 aliphatic rings. The number of nitrogens with one attached hydrogen (secondary N) is 2. The van der Waals surface area contributed by atoms with Crippen molar-refractivity contribution in [2.75, 3.05) is 5.32 Å². The molecular formula is C14H12N6S. The maximum atomic E-state index is 4.32. The summed E-state index contributed by atoms with van der Waals surface area (Å²) in [7, 11) is 1.91. The van der Waals surface area contributed by atoms with Crippen molar-refractivity contribution in [2.45, 2.75) is 0 Å². The van der Waals surface area contributed by atoms with E-state index >= 15 is 0 Å². The van der Waals surface area contributed by atoms with Crippen LogP contribution in [0.1, 0.15) is 0 Å². The molecule has 3 aromatic heterocycles. The first-order valence-electron chi connectivity index (χ1n) is 6.43. The molecule has 0 aliphatic heterocycles. The Balaban J connectivity index is 1.78. The zero-order chi connectivity index (χ0) is 14.2. The van der Waals surface area contributed by atoms with Crippen LogP contribution in [0.15, 0.2) is 42.2 Å². The molecule has 1 aromatic carbocycles. The Morgan fingerprint density at radius 3 is 3.00 bits per heavy atom. The number of hydrogen-bond donors (Lipinski definition) is 2. The van der Waals surface area contributed by atoms with Gasteiger partial charge in [-0.1, -0.05) is 6.07 Å². The van der Waals surface area contributed by atoms with Gasteiger partial charge in [0.1, 0.15) is 0 Å². The summed E-state index contributed by atoms with van der Waals surface area (Å²) >= 11 is 1.54. The van der Waals surface area contributed by atoms with Crippen molar-refractivity contribution in [3.05, 3.63) is 42.2 Å². The van der Waals surface area contributed by atoms with Crippen LogP contribution in [0.25, 0.3) is 22.0 Å². The Hall–Kier alpha value is -2.67. The van der Waals surface area contributed by atoms with Gasteiger partial charge in [0.15, 0.2) is 10.9 Å². The molecular weight excluding hydrogens is 284 g/mol. The van der Waals surface area contributed by atoms with E-state index in [0.29, 0.717) is 0 Å². The van der Waals surface area contributed by atoms with Gasteiger partial charge in [-0.3, -0.25) is 9.78 Å². The van der Waals surface area contributed by atoms with Crippen molar-refractivity contribution in [2.24, 2.45) is 7.05 Å². The van der Waals surface area contributed by atoms with Crippen LogP contribution in [-0.4, -0.2) is 25.0 Å². The molecule has 0 unspecified atom stereocenters. The summed E-state index contributed by atoms with van der Waals surface area (Å²) in [5.74, 6) is 0.783. The number of fused-ring (bicyclic) bond motifs is 1. The third-order valence-electron chi connectivity index (χ3n) is 3.26. The molecule has 0 bridgehead atoms. The van der Waals surface area contributed by atoms with Gasteiger partial charge in [-0.15, -0.1) is 11.3 Å². The van der Waals surface area contributed by atoms with Gasteiger partial charge in [-0.05, 0) is 17.7 Å². The second kappa shape index (κ2) is 4.71. The molecule has 0 aliphatic carbocycles. The Morgan fingerprint density at radius 2 is 2.24 bits per heavy atom. The smallest absolute Gasteiger partial charge is 0.188 e. The fraction of sp³-hybridized carbons (Fsp3) is 0.0714. The molecule has 0 spiro atoms. The van der Waals surface area contributed by atoms with Gasteiger partial charge >= 0.3 is 0 Å². The average Bonchev–Trinajstić information content (AvgIpc) is 3.21. The molecule has 0 fully saturated rings. The van der Waals surface area contributed by atoms with E-state index in [1.807, 2.05) is 30.9 Å². The highest BCUT2D eigenvalue weighted by molar-refractivity contribution is 7.13. The fourth-order valence-corrected chi connectivity index (χ4v) is 2.77. The lowest BCUT2D eigenvalue weighted by Gasteiger charge is -2.00. The van der Waals surface area contributed by atoms with Gasteiger partial charge in [0.05, 0.1) is 11.7 Å². The largest absolute Gasteiger partial charge is 0.314 e. The minimum absolute atomic E-state index is 0.783. The highest BCUT2D eigenvalue weighted by Gasteiger charge is 2.09. The maximum absolute atomic E-state index is 4.32. The molecule has 104 valence electrons. The summed E-state index contributed by atoms with van der Waals surface area (Å²) in [6, 6.07) is 6.19. The number of rotatable bonds is 3. The Labute approximate surface area is 124 Å². The van der Waals surface area contributed by atoms with E-state index in [9.17, 15) is 0 Å². The number of thiazole rings is 1. The molecule has 7 heteroatoms. The minimum Gasteiger partial charge on any atom is -0.314 e. The van der Waals surface area contributed by atoms with Crippen molar-refractivity contribution in [1.82, 2.24) is 25.0 Å². The molecule has 3 heterocycles. The van der Waals surface area contributed by atoms with Crippen LogP contribution in [0.4, 0.5) is 10.9 Å². The van der Waals surface area contributed by atoms with Gasteiger partial charge in [0.25, 0.3) is 0 Å². The van der Waals surface area contributed by atoms with Crippen LogP contribution in [0.2, 0.25) is 0 Å². The number of aryl methyl sites for hydroxylation is 1. The first-order valence-corrected chi connectivity index (χ1v) is 7.31. The molecule has 2 N–H and O–H groups in total. The normalized spacial score (nSPS) is 11.1. The van der Waals surface area contributed by atoms with Crippen molar-refractivity contribution in [1.29, 1.82) is 0 Å². The van der Waals surface area contributed by atoms with Gasteiger partial charge in [-0.2, -0.15) is 10.2 Å². The SMILES string of the molecule is Cn1cc(-c2ccc3[nH]nc(Nc4nccs4)c3c2)cn1. The monoisotopic (exact) mass is 296 g/mol. The summed E-state index contributed by atoms with van der Waals surface area (Å²) in [5, 5.41) is 18.6. The van der Waals surface area contributed by atoms with E-state index in [2.05, 4.69) is 37.7 Å². The van der Waals surface area contributed by atoms with Crippen molar-refractivity contribution in [3.8, 4) is 11.1 Å². The van der Waals surface area contributed by atoms with E-state index in [1.165, 1.54) is 0 Å². The van der Waals surface area contributed by atoms with Gasteiger partial charge in [0.2, 0.25) is 0 Å². The predicted molar refractivity (Wildman–Crippen MR) is 83.7 cm³/mol. The van der Waals surface area contributed by atoms with Gasteiger partial charge in [-0.25, -0.2) is 4.98 Å². The van der Waals surface area contributed by atoms with Crippen LogP contribution in [0.3, 0.4) is 0 Å². The van der Waals surface area contributed by atoms with E-state index in [-0.39, 0.29) is 0 Å². The second-order valence-electron chi connectivity index (χ2n) is 4.70. The third kappa shape index (κ3) is 2.17. The van der Waals surface area contributed by atoms with E-state index in [4.69, 9.17) is 0 Å². The molecule has 0 amide bonds. The van der Waals surface area contributed by atoms with Crippen LogP contribution in [0, 0.1) is 0 Å². The summed E-state index contributed by atoms with van der Waals surface area (Å²) in [6.07, 6.45) is 5.62. The zero-order valence-corrected chi connectivity index (χ0v) is 12.1. The summed E-state index contributed by atoms with van der Waals surface area (Å²) in [4.78, 5) is 4.22. The average molecular weight is 296 g/mol. The van der Waals surface area contributed by atoms with Crippen LogP contribution in [0.5, 0.6) is 0 Å². The molecule has 0 saturated heterocycles. The lowest BCUT2D eigenvalue weighted by Crippen LogP contribution is -1.89. The molecule has 4 aromatic rings. The molecule has 0 radical (unpaired) electrons. The summed E-state index contributed by atoms with van der Waals surface area (Å²) < 4.78 is 1.80. The van der Waals surface area contributed by atoms with E-state index < -0.39 is 0 Å². The minimum atomic E-state index is 0.783. The lowest BCUT2D eigenvalue weighted by molar-refractivity contribution is 0.768. The number of nitrogens with zero attached hydrogens (tertiary/aromatic N) is 4. The summed E-state index contributed by atoms with van der Waals surface area (Å²) in [5.41, 5.74) is 3.18. The number of H-pyrrole nitrogens is 1. The topological polar surface area (TPSA) is 71.4 Å². The van der Waals surface area contributed by atoms with Crippen molar-refractivity contribution >= 4 is 33.2 Å². The predicted octanol–water partition coefficient (Wildman–Crippen LogP) is 3.16. The zero-order valence-electron chi connectivity index (χ0n) is 11.2.